The molecule has 1 unspecified atom stereocenters. The maximum atomic E-state index is 13.4. The second-order valence-corrected chi connectivity index (χ2v) is 3.03. The first-order valence-corrected chi connectivity index (χ1v) is 4.10. The number of ether oxygens (including phenoxy) is 2. The predicted octanol–water partition coefficient (Wildman–Crippen LogP) is 1.31. The van der Waals surface area contributed by atoms with Crippen LogP contribution in [-0.4, -0.2) is 17.0 Å². The van der Waals surface area contributed by atoms with Crippen LogP contribution in [0.25, 0.3) is 0 Å². The van der Waals surface area contributed by atoms with Gasteiger partial charge in [0.1, 0.15) is 0 Å². The minimum atomic E-state index is -1.06. The van der Waals surface area contributed by atoms with Crippen molar-refractivity contribution in [3.63, 3.8) is 0 Å². The summed E-state index contributed by atoms with van der Waals surface area (Å²) in [6.45, 7) is 1.36. The smallest absolute Gasteiger partial charge is 0.231 e. The van der Waals surface area contributed by atoms with E-state index in [1.807, 2.05) is 0 Å². The maximum absolute atomic E-state index is 13.4. The average Bonchev–Trinajstić information content (AvgIpc) is 2.52. The van der Waals surface area contributed by atoms with E-state index < -0.39 is 17.7 Å². The number of hydrogen-bond donors (Lipinski definition) is 2. The molecule has 1 aliphatic heterocycles. The van der Waals surface area contributed by atoms with Crippen molar-refractivity contribution in [2.45, 2.75) is 13.0 Å². The molecule has 0 aromatic heterocycles. The SMILES string of the molecule is CC(O)c1c(F)c(O)cc2c1OCO2. The van der Waals surface area contributed by atoms with Gasteiger partial charge in [-0.25, -0.2) is 4.39 Å². The molecule has 0 fully saturated rings. The summed E-state index contributed by atoms with van der Waals surface area (Å²) >= 11 is 0. The van der Waals surface area contributed by atoms with Crippen LogP contribution in [0.15, 0.2) is 6.07 Å². The molecule has 1 heterocycles. The molecule has 2 N–H and O–H groups in total. The molecule has 1 aromatic carbocycles. The molecule has 0 saturated heterocycles. The molecule has 0 aliphatic carbocycles. The molecule has 14 heavy (non-hydrogen) atoms. The van der Waals surface area contributed by atoms with Crippen molar-refractivity contribution in [1.29, 1.82) is 0 Å². The number of aromatic hydroxyl groups is 1. The van der Waals surface area contributed by atoms with Gasteiger partial charge in [0.15, 0.2) is 23.1 Å². The maximum Gasteiger partial charge on any atom is 0.231 e. The largest absolute Gasteiger partial charge is 0.505 e. The van der Waals surface area contributed by atoms with Crippen LogP contribution in [0, 0.1) is 5.82 Å². The van der Waals surface area contributed by atoms with Crippen molar-refractivity contribution in [3.8, 4) is 17.2 Å². The molecule has 2 rings (SSSR count). The highest BCUT2D eigenvalue weighted by Crippen LogP contribution is 2.43. The lowest BCUT2D eigenvalue weighted by atomic mass is 10.1. The Morgan fingerprint density at radius 3 is 2.86 bits per heavy atom. The summed E-state index contributed by atoms with van der Waals surface area (Å²) in [4.78, 5) is 0. The Labute approximate surface area is 79.5 Å². The Morgan fingerprint density at radius 1 is 1.50 bits per heavy atom. The fourth-order valence-electron chi connectivity index (χ4n) is 1.40. The number of rotatable bonds is 1. The van der Waals surface area contributed by atoms with Gasteiger partial charge in [-0.3, -0.25) is 0 Å². The summed E-state index contributed by atoms with van der Waals surface area (Å²) in [5.41, 5.74) is -0.0718. The lowest BCUT2D eigenvalue weighted by Crippen LogP contribution is -1.99. The summed E-state index contributed by atoms with van der Waals surface area (Å²) in [6.07, 6.45) is -1.06. The van der Waals surface area contributed by atoms with Gasteiger partial charge in [-0.15, -0.1) is 0 Å². The van der Waals surface area contributed by atoms with Crippen LogP contribution in [0.3, 0.4) is 0 Å². The van der Waals surface area contributed by atoms with Crippen LogP contribution in [0.4, 0.5) is 4.39 Å². The van der Waals surface area contributed by atoms with Gasteiger partial charge in [-0.2, -0.15) is 0 Å². The Morgan fingerprint density at radius 2 is 2.21 bits per heavy atom. The van der Waals surface area contributed by atoms with E-state index in [0.717, 1.165) is 6.07 Å². The number of phenolic OH excluding ortho intramolecular Hbond substituents is 1. The Kier molecular flexibility index (Phi) is 1.96. The van der Waals surface area contributed by atoms with E-state index in [1.54, 1.807) is 0 Å². The number of halogens is 1. The fourth-order valence-corrected chi connectivity index (χ4v) is 1.40. The molecule has 1 aliphatic rings. The predicted molar refractivity (Wildman–Crippen MR) is 44.8 cm³/mol. The van der Waals surface area contributed by atoms with Gasteiger partial charge >= 0.3 is 0 Å². The highest BCUT2D eigenvalue weighted by atomic mass is 19.1. The van der Waals surface area contributed by atoms with E-state index in [2.05, 4.69) is 0 Å². The van der Waals surface area contributed by atoms with Gasteiger partial charge in [0.2, 0.25) is 6.79 Å². The first-order valence-electron chi connectivity index (χ1n) is 4.10. The normalized spacial score (nSPS) is 15.6. The molecule has 0 amide bonds. The van der Waals surface area contributed by atoms with Crippen LogP contribution >= 0.6 is 0 Å². The van der Waals surface area contributed by atoms with Gasteiger partial charge in [0.25, 0.3) is 0 Å². The lowest BCUT2D eigenvalue weighted by molar-refractivity contribution is 0.162. The van der Waals surface area contributed by atoms with Gasteiger partial charge in [-0.1, -0.05) is 0 Å². The van der Waals surface area contributed by atoms with Crippen molar-refractivity contribution in [1.82, 2.24) is 0 Å². The third-order valence-electron chi connectivity index (χ3n) is 2.03. The van der Waals surface area contributed by atoms with Crippen LogP contribution in [0.5, 0.6) is 17.2 Å². The molecule has 0 saturated carbocycles. The molecule has 76 valence electrons. The van der Waals surface area contributed by atoms with Crippen molar-refractivity contribution in [3.05, 3.63) is 17.4 Å². The van der Waals surface area contributed by atoms with Gasteiger partial charge < -0.3 is 19.7 Å². The van der Waals surface area contributed by atoms with Crippen LogP contribution in [0.1, 0.15) is 18.6 Å². The second kappa shape index (κ2) is 3.02. The number of aliphatic hydroxyl groups is 1. The van der Waals surface area contributed by atoms with Gasteiger partial charge in [-0.05, 0) is 6.92 Å². The standard InChI is InChI=1S/C9H9FO4/c1-4(11)7-8(10)5(12)2-6-9(7)14-3-13-6/h2,4,11-12H,3H2,1H3. The summed E-state index contributed by atoms with van der Waals surface area (Å²) in [5, 5.41) is 18.5. The summed E-state index contributed by atoms with van der Waals surface area (Å²) < 4.78 is 23.3. The zero-order chi connectivity index (χ0) is 10.3. The Bertz CT molecular complexity index is 376. The zero-order valence-corrected chi connectivity index (χ0v) is 7.45. The summed E-state index contributed by atoms with van der Waals surface area (Å²) in [6, 6.07) is 1.13. The third kappa shape index (κ3) is 1.17. The number of aliphatic hydroxyl groups excluding tert-OH is 1. The summed E-state index contributed by atoms with van der Waals surface area (Å²) in [5.74, 6) is -1.01. The molecule has 5 heteroatoms. The molecule has 0 radical (unpaired) electrons. The van der Waals surface area contributed by atoms with E-state index in [0.29, 0.717) is 0 Å². The molecule has 4 nitrogen and oxygen atoms in total. The van der Waals surface area contributed by atoms with E-state index in [9.17, 15) is 14.6 Å². The fraction of sp³-hybridized carbons (Fsp3) is 0.333. The quantitative estimate of drug-likeness (QED) is 0.717. The Hall–Kier alpha value is -1.49. The topological polar surface area (TPSA) is 58.9 Å². The van der Waals surface area contributed by atoms with Gasteiger partial charge in [0.05, 0.1) is 11.7 Å². The minimum absolute atomic E-state index is 0.0298. The van der Waals surface area contributed by atoms with Crippen molar-refractivity contribution < 1.29 is 24.1 Å². The first-order chi connectivity index (χ1) is 6.61. The first kappa shape index (κ1) is 9.08. The van der Waals surface area contributed by atoms with Crippen molar-refractivity contribution in [2.24, 2.45) is 0 Å². The second-order valence-electron chi connectivity index (χ2n) is 3.03. The highest BCUT2D eigenvalue weighted by molar-refractivity contribution is 5.54. The van der Waals surface area contributed by atoms with E-state index in [4.69, 9.17) is 9.47 Å². The molecule has 0 spiro atoms. The van der Waals surface area contributed by atoms with Gasteiger partial charge in [0, 0.05) is 6.07 Å². The zero-order valence-electron chi connectivity index (χ0n) is 7.45. The average molecular weight is 200 g/mol. The number of fused-ring (bicyclic) bond motifs is 1. The molecular formula is C9H9FO4. The number of hydrogen-bond acceptors (Lipinski definition) is 4. The van der Waals surface area contributed by atoms with Crippen molar-refractivity contribution >= 4 is 0 Å². The van der Waals surface area contributed by atoms with Crippen LogP contribution < -0.4 is 9.47 Å². The van der Waals surface area contributed by atoms with Crippen molar-refractivity contribution in [2.75, 3.05) is 6.79 Å². The highest BCUT2D eigenvalue weighted by Gasteiger charge is 2.26. The number of phenols is 1. The lowest BCUT2D eigenvalue weighted by Gasteiger charge is -2.10. The minimum Gasteiger partial charge on any atom is -0.505 e. The Balaban J connectivity index is 2.66. The third-order valence-corrected chi connectivity index (χ3v) is 2.03. The van der Waals surface area contributed by atoms with E-state index >= 15 is 0 Å². The molecule has 0 bridgehead atoms. The van der Waals surface area contributed by atoms with Crippen LogP contribution in [-0.2, 0) is 0 Å². The molecular weight excluding hydrogens is 191 g/mol. The molecule has 1 aromatic rings. The summed E-state index contributed by atoms with van der Waals surface area (Å²) in [7, 11) is 0. The number of benzene rings is 1. The van der Waals surface area contributed by atoms with E-state index in [-0.39, 0.29) is 23.9 Å². The van der Waals surface area contributed by atoms with E-state index in [1.165, 1.54) is 6.92 Å². The monoisotopic (exact) mass is 200 g/mol. The molecule has 1 atom stereocenters. The van der Waals surface area contributed by atoms with Crippen LogP contribution in [0.2, 0.25) is 0 Å².